The average Bonchev–Trinajstić information content (AvgIpc) is 2.30. The molecule has 0 heterocycles. The van der Waals surface area contributed by atoms with Gasteiger partial charge in [0.05, 0.1) is 12.5 Å². The van der Waals surface area contributed by atoms with Crippen LogP contribution in [0.2, 0.25) is 0 Å². The molecule has 0 radical (unpaired) electrons. The molecule has 0 aliphatic carbocycles. The minimum absolute atomic E-state index is 0.0417. The molecule has 0 aliphatic heterocycles. The fourth-order valence-electron chi connectivity index (χ4n) is 1.62. The molecule has 0 aromatic rings. The standard InChI is InChI=1S/C13H26O3/c1-3-5-9-12(4-2)13(15)16-11-8-6-7-10-14/h12,14H,3-11H2,1-2H3. The fraction of sp³-hybridized carbons (Fsp3) is 0.923. The van der Waals surface area contributed by atoms with Gasteiger partial charge in [-0.1, -0.05) is 26.7 Å². The van der Waals surface area contributed by atoms with Crippen molar-refractivity contribution in [3.8, 4) is 0 Å². The number of hydrogen-bond donors (Lipinski definition) is 1. The zero-order valence-corrected chi connectivity index (χ0v) is 10.7. The molecule has 1 atom stereocenters. The monoisotopic (exact) mass is 230 g/mol. The van der Waals surface area contributed by atoms with E-state index in [1.807, 2.05) is 6.92 Å². The van der Waals surface area contributed by atoms with E-state index in [0.717, 1.165) is 44.9 Å². The van der Waals surface area contributed by atoms with Gasteiger partial charge in [0.15, 0.2) is 0 Å². The SMILES string of the molecule is CCCCC(CC)C(=O)OCCCCCO. The highest BCUT2D eigenvalue weighted by molar-refractivity contribution is 5.72. The number of hydrogen-bond acceptors (Lipinski definition) is 3. The van der Waals surface area contributed by atoms with Gasteiger partial charge < -0.3 is 9.84 Å². The summed E-state index contributed by atoms with van der Waals surface area (Å²) in [6, 6.07) is 0. The highest BCUT2D eigenvalue weighted by Crippen LogP contribution is 2.14. The van der Waals surface area contributed by atoms with Crippen LogP contribution < -0.4 is 0 Å². The molecule has 0 fully saturated rings. The maximum atomic E-state index is 11.6. The molecule has 1 unspecified atom stereocenters. The lowest BCUT2D eigenvalue weighted by molar-refractivity contribution is -0.149. The minimum atomic E-state index is -0.0417. The van der Waals surface area contributed by atoms with Crippen molar-refractivity contribution in [2.45, 2.75) is 58.8 Å². The van der Waals surface area contributed by atoms with Gasteiger partial charge in [0.2, 0.25) is 0 Å². The van der Waals surface area contributed by atoms with E-state index in [9.17, 15) is 4.79 Å². The molecule has 3 heteroatoms. The van der Waals surface area contributed by atoms with Gasteiger partial charge in [0.25, 0.3) is 0 Å². The first-order valence-corrected chi connectivity index (χ1v) is 6.53. The van der Waals surface area contributed by atoms with E-state index in [0.29, 0.717) is 6.61 Å². The van der Waals surface area contributed by atoms with Crippen molar-refractivity contribution in [2.75, 3.05) is 13.2 Å². The summed E-state index contributed by atoms with van der Waals surface area (Å²) in [4.78, 5) is 11.6. The van der Waals surface area contributed by atoms with E-state index in [1.165, 1.54) is 0 Å². The number of carbonyl (C=O) groups is 1. The summed E-state index contributed by atoms with van der Waals surface area (Å²) in [5.74, 6) is 0.0396. The predicted molar refractivity (Wildman–Crippen MR) is 65.2 cm³/mol. The van der Waals surface area contributed by atoms with Crippen LogP contribution in [0.15, 0.2) is 0 Å². The lowest BCUT2D eigenvalue weighted by atomic mass is 10.00. The highest BCUT2D eigenvalue weighted by atomic mass is 16.5. The molecule has 1 N–H and O–H groups in total. The number of unbranched alkanes of at least 4 members (excludes halogenated alkanes) is 3. The van der Waals surface area contributed by atoms with Gasteiger partial charge >= 0.3 is 5.97 Å². The summed E-state index contributed by atoms with van der Waals surface area (Å²) in [5.41, 5.74) is 0. The molecule has 0 aliphatic rings. The van der Waals surface area contributed by atoms with Crippen molar-refractivity contribution in [2.24, 2.45) is 5.92 Å². The summed E-state index contributed by atoms with van der Waals surface area (Å²) >= 11 is 0. The Kier molecular flexibility index (Phi) is 10.5. The molecule has 0 bridgehead atoms. The number of rotatable bonds is 10. The second-order valence-electron chi connectivity index (χ2n) is 4.20. The van der Waals surface area contributed by atoms with Crippen molar-refractivity contribution >= 4 is 5.97 Å². The lowest BCUT2D eigenvalue weighted by Crippen LogP contribution is -2.17. The largest absolute Gasteiger partial charge is 0.465 e. The van der Waals surface area contributed by atoms with E-state index in [-0.39, 0.29) is 18.5 Å². The Bertz CT molecular complexity index is 169. The number of aliphatic hydroxyl groups is 1. The average molecular weight is 230 g/mol. The van der Waals surface area contributed by atoms with Crippen molar-refractivity contribution in [3.05, 3.63) is 0 Å². The van der Waals surface area contributed by atoms with Gasteiger partial charge in [-0.25, -0.2) is 0 Å². The van der Waals surface area contributed by atoms with Crippen LogP contribution in [0, 0.1) is 5.92 Å². The quantitative estimate of drug-likeness (QED) is 0.463. The Balaban J connectivity index is 3.58. The zero-order valence-electron chi connectivity index (χ0n) is 10.7. The minimum Gasteiger partial charge on any atom is -0.465 e. The molecule has 0 amide bonds. The van der Waals surface area contributed by atoms with Crippen LogP contribution in [0.25, 0.3) is 0 Å². The molecule has 96 valence electrons. The Morgan fingerprint density at radius 1 is 1.19 bits per heavy atom. The van der Waals surface area contributed by atoms with Crippen molar-refractivity contribution < 1.29 is 14.6 Å². The number of carbonyl (C=O) groups excluding carboxylic acids is 1. The second kappa shape index (κ2) is 10.9. The number of esters is 1. The number of ether oxygens (including phenoxy) is 1. The number of aliphatic hydroxyl groups excluding tert-OH is 1. The Hall–Kier alpha value is -0.570. The molecule has 16 heavy (non-hydrogen) atoms. The summed E-state index contributed by atoms with van der Waals surface area (Å²) < 4.78 is 5.22. The van der Waals surface area contributed by atoms with Crippen LogP contribution in [-0.4, -0.2) is 24.3 Å². The van der Waals surface area contributed by atoms with Gasteiger partial charge in [-0.3, -0.25) is 4.79 Å². The molecule has 3 nitrogen and oxygen atoms in total. The first-order valence-electron chi connectivity index (χ1n) is 6.53. The van der Waals surface area contributed by atoms with Crippen LogP contribution in [0.5, 0.6) is 0 Å². The van der Waals surface area contributed by atoms with Gasteiger partial charge in [0, 0.05) is 6.61 Å². The Labute approximate surface area is 99.2 Å². The van der Waals surface area contributed by atoms with E-state index in [2.05, 4.69) is 6.92 Å². The Morgan fingerprint density at radius 3 is 2.50 bits per heavy atom. The van der Waals surface area contributed by atoms with E-state index in [4.69, 9.17) is 9.84 Å². The van der Waals surface area contributed by atoms with Crippen molar-refractivity contribution in [1.82, 2.24) is 0 Å². The first-order chi connectivity index (χ1) is 7.76. The second-order valence-corrected chi connectivity index (χ2v) is 4.20. The molecule has 0 aromatic heterocycles. The predicted octanol–water partition coefficient (Wildman–Crippen LogP) is 2.91. The summed E-state index contributed by atoms with van der Waals surface area (Å²) in [7, 11) is 0. The molecule has 0 saturated carbocycles. The molecule has 0 aromatic carbocycles. The summed E-state index contributed by atoms with van der Waals surface area (Å²) in [6.45, 7) is 4.89. The van der Waals surface area contributed by atoms with Gasteiger partial charge in [-0.2, -0.15) is 0 Å². The molecular formula is C13H26O3. The zero-order chi connectivity index (χ0) is 12.2. The van der Waals surface area contributed by atoms with Gasteiger partial charge in [-0.05, 0) is 32.1 Å². The molecule has 0 saturated heterocycles. The van der Waals surface area contributed by atoms with Crippen molar-refractivity contribution in [3.63, 3.8) is 0 Å². The van der Waals surface area contributed by atoms with Crippen LogP contribution in [-0.2, 0) is 9.53 Å². The maximum Gasteiger partial charge on any atom is 0.308 e. The van der Waals surface area contributed by atoms with Crippen LogP contribution in [0.4, 0.5) is 0 Å². The van der Waals surface area contributed by atoms with Gasteiger partial charge in [0.1, 0.15) is 0 Å². The van der Waals surface area contributed by atoms with E-state index in [1.54, 1.807) is 0 Å². The van der Waals surface area contributed by atoms with Crippen LogP contribution in [0.1, 0.15) is 58.8 Å². The molecule has 0 spiro atoms. The third-order valence-corrected chi connectivity index (χ3v) is 2.78. The third-order valence-electron chi connectivity index (χ3n) is 2.78. The third kappa shape index (κ3) is 7.69. The smallest absolute Gasteiger partial charge is 0.308 e. The van der Waals surface area contributed by atoms with Crippen LogP contribution in [0.3, 0.4) is 0 Å². The van der Waals surface area contributed by atoms with Gasteiger partial charge in [-0.15, -0.1) is 0 Å². The molecular weight excluding hydrogens is 204 g/mol. The fourth-order valence-corrected chi connectivity index (χ4v) is 1.62. The normalized spacial score (nSPS) is 12.4. The highest BCUT2D eigenvalue weighted by Gasteiger charge is 2.16. The van der Waals surface area contributed by atoms with Crippen molar-refractivity contribution in [1.29, 1.82) is 0 Å². The summed E-state index contributed by atoms with van der Waals surface area (Å²) in [5, 5.41) is 8.59. The Morgan fingerprint density at radius 2 is 1.94 bits per heavy atom. The van der Waals surface area contributed by atoms with E-state index >= 15 is 0 Å². The lowest BCUT2D eigenvalue weighted by Gasteiger charge is -2.13. The topological polar surface area (TPSA) is 46.5 Å². The maximum absolute atomic E-state index is 11.6. The first kappa shape index (κ1) is 15.4. The molecule has 0 rings (SSSR count). The summed E-state index contributed by atoms with van der Waals surface area (Å²) in [6.07, 6.45) is 6.62. The van der Waals surface area contributed by atoms with E-state index < -0.39 is 0 Å². The van der Waals surface area contributed by atoms with Crippen LogP contribution >= 0.6 is 0 Å².